The minimum Gasteiger partial charge on any atom is -0.485 e. The Balaban J connectivity index is 1.68. The van der Waals surface area contributed by atoms with Crippen molar-refractivity contribution < 1.29 is 18.9 Å². The SMILES string of the molecule is Cc1ccc(C)c(OCc2ccc(C(=O)Nc3cc([N+](=O)[O-])ccc3Cl)o2)c1. The van der Waals surface area contributed by atoms with Crippen molar-refractivity contribution in [2.24, 2.45) is 0 Å². The summed E-state index contributed by atoms with van der Waals surface area (Å²) >= 11 is 5.99. The molecule has 3 aromatic rings. The maximum absolute atomic E-state index is 12.4. The number of nitro benzene ring substituents is 1. The molecule has 0 aliphatic carbocycles. The fraction of sp³-hybridized carbons (Fsp3) is 0.150. The number of non-ortho nitro benzene ring substituents is 1. The lowest BCUT2D eigenvalue weighted by molar-refractivity contribution is -0.384. The van der Waals surface area contributed by atoms with Crippen molar-refractivity contribution in [3.8, 4) is 5.75 Å². The molecule has 2 aromatic carbocycles. The number of nitrogens with zero attached hydrogens (tertiary/aromatic N) is 1. The van der Waals surface area contributed by atoms with Crippen LogP contribution in [0.2, 0.25) is 5.02 Å². The molecule has 0 atom stereocenters. The standard InChI is InChI=1S/C20H17ClN2O5/c1-12-3-4-13(2)19(9-12)27-11-15-6-8-18(28-15)20(24)22-17-10-14(23(25)26)5-7-16(17)21/h3-10H,11H2,1-2H3,(H,22,24). The van der Waals surface area contributed by atoms with Crippen molar-refractivity contribution in [3.63, 3.8) is 0 Å². The number of nitrogens with one attached hydrogen (secondary N) is 1. The Morgan fingerprint density at radius 1 is 1.18 bits per heavy atom. The molecule has 0 radical (unpaired) electrons. The van der Waals surface area contributed by atoms with E-state index in [-0.39, 0.29) is 28.8 Å². The molecule has 0 saturated carbocycles. The third-order valence-electron chi connectivity index (χ3n) is 4.01. The number of aryl methyl sites for hydroxylation is 2. The van der Waals surface area contributed by atoms with E-state index < -0.39 is 10.8 Å². The fourth-order valence-electron chi connectivity index (χ4n) is 2.50. The van der Waals surface area contributed by atoms with E-state index in [1.54, 1.807) is 6.07 Å². The molecule has 0 unspecified atom stereocenters. The lowest BCUT2D eigenvalue weighted by atomic mass is 10.1. The molecule has 8 heteroatoms. The Morgan fingerprint density at radius 2 is 1.96 bits per heavy atom. The molecule has 1 aromatic heterocycles. The number of benzene rings is 2. The van der Waals surface area contributed by atoms with Gasteiger partial charge in [0.1, 0.15) is 18.1 Å². The summed E-state index contributed by atoms with van der Waals surface area (Å²) in [7, 11) is 0. The highest BCUT2D eigenvalue weighted by atomic mass is 35.5. The Labute approximate surface area is 166 Å². The maximum Gasteiger partial charge on any atom is 0.291 e. The van der Waals surface area contributed by atoms with E-state index in [2.05, 4.69) is 5.32 Å². The van der Waals surface area contributed by atoms with Gasteiger partial charge in [-0.15, -0.1) is 0 Å². The first-order valence-corrected chi connectivity index (χ1v) is 8.75. The minimum atomic E-state index is -0.569. The second-order valence-electron chi connectivity index (χ2n) is 6.20. The van der Waals surface area contributed by atoms with Crippen LogP contribution in [0.4, 0.5) is 11.4 Å². The molecule has 0 aliphatic rings. The van der Waals surface area contributed by atoms with Crippen molar-refractivity contribution in [3.05, 3.63) is 86.3 Å². The normalized spacial score (nSPS) is 10.5. The van der Waals surface area contributed by atoms with E-state index in [4.69, 9.17) is 20.8 Å². The van der Waals surface area contributed by atoms with Crippen LogP contribution in [-0.2, 0) is 6.61 Å². The number of furan rings is 1. The van der Waals surface area contributed by atoms with Crippen molar-refractivity contribution in [2.45, 2.75) is 20.5 Å². The first-order chi connectivity index (χ1) is 13.3. The molecular formula is C20H17ClN2O5. The molecule has 1 heterocycles. The number of carbonyl (C=O) groups is 1. The van der Waals surface area contributed by atoms with Crippen molar-refractivity contribution in [2.75, 3.05) is 5.32 Å². The first kappa shape index (κ1) is 19.4. The number of ether oxygens (including phenoxy) is 1. The summed E-state index contributed by atoms with van der Waals surface area (Å²) in [6, 6.07) is 12.8. The third kappa shape index (κ3) is 4.50. The van der Waals surface area contributed by atoms with Crippen molar-refractivity contribution in [1.82, 2.24) is 0 Å². The van der Waals surface area contributed by atoms with E-state index in [1.807, 2.05) is 32.0 Å². The second-order valence-corrected chi connectivity index (χ2v) is 6.61. The first-order valence-electron chi connectivity index (χ1n) is 8.37. The highest BCUT2D eigenvalue weighted by Crippen LogP contribution is 2.27. The van der Waals surface area contributed by atoms with Crippen LogP contribution in [0.1, 0.15) is 27.4 Å². The molecule has 3 rings (SSSR count). The van der Waals surface area contributed by atoms with Gasteiger partial charge in [0.2, 0.25) is 0 Å². The van der Waals surface area contributed by atoms with Crippen LogP contribution < -0.4 is 10.1 Å². The topological polar surface area (TPSA) is 94.6 Å². The Morgan fingerprint density at radius 3 is 2.71 bits per heavy atom. The molecule has 0 saturated heterocycles. The summed E-state index contributed by atoms with van der Waals surface area (Å²) in [6.07, 6.45) is 0. The number of anilines is 1. The van der Waals surface area contributed by atoms with Gasteiger partial charge in [0.25, 0.3) is 11.6 Å². The number of nitro groups is 1. The lowest BCUT2D eigenvalue weighted by Gasteiger charge is -2.08. The van der Waals surface area contributed by atoms with E-state index in [1.165, 1.54) is 24.3 Å². The van der Waals surface area contributed by atoms with Crippen LogP contribution in [0.15, 0.2) is 52.9 Å². The van der Waals surface area contributed by atoms with E-state index in [0.29, 0.717) is 5.76 Å². The molecule has 0 aliphatic heterocycles. The lowest BCUT2D eigenvalue weighted by Crippen LogP contribution is -2.11. The quantitative estimate of drug-likeness (QED) is 0.448. The van der Waals surface area contributed by atoms with Gasteiger partial charge in [-0.25, -0.2) is 0 Å². The van der Waals surface area contributed by atoms with Crippen LogP contribution in [0, 0.1) is 24.0 Å². The van der Waals surface area contributed by atoms with Gasteiger partial charge in [0, 0.05) is 12.1 Å². The van der Waals surface area contributed by atoms with Gasteiger partial charge >= 0.3 is 0 Å². The van der Waals surface area contributed by atoms with Crippen molar-refractivity contribution in [1.29, 1.82) is 0 Å². The minimum absolute atomic E-state index is 0.0436. The third-order valence-corrected chi connectivity index (χ3v) is 4.34. The number of hydrogen-bond acceptors (Lipinski definition) is 5. The average molecular weight is 401 g/mol. The number of rotatable bonds is 6. The fourth-order valence-corrected chi connectivity index (χ4v) is 2.66. The highest BCUT2D eigenvalue weighted by Gasteiger charge is 2.16. The largest absolute Gasteiger partial charge is 0.485 e. The van der Waals surface area contributed by atoms with Gasteiger partial charge in [-0.05, 0) is 49.2 Å². The second kappa shape index (κ2) is 8.14. The average Bonchev–Trinajstić information content (AvgIpc) is 3.13. The Kier molecular flexibility index (Phi) is 5.65. The molecule has 28 heavy (non-hydrogen) atoms. The molecule has 1 amide bonds. The molecule has 1 N–H and O–H groups in total. The maximum atomic E-state index is 12.4. The van der Waals surface area contributed by atoms with Crippen LogP contribution >= 0.6 is 11.6 Å². The van der Waals surface area contributed by atoms with Gasteiger partial charge in [0.05, 0.1) is 15.6 Å². The molecular weight excluding hydrogens is 384 g/mol. The van der Waals surface area contributed by atoms with Crippen LogP contribution in [0.25, 0.3) is 0 Å². The molecule has 0 bridgehead atoms. The van der Waals surface area contributed by atoms with Gasteiger partial charge in [-0.2, -0.15) is 0 Å². The Bertz CT molecular complexity index is 1040. The van der Waals surface area contributed by atoms with E-state index in [9.17, 15) is 14.9 Å². The summed E-state index contributed by atoms with van der Waals surface area (Å²) in [6.45, 7) is 4.08. The molecule has 7 nitrogen and oxygen atoms in total. The van der Waals surface area contributed by atoms with Gasteiger partial charge in [-0.1, -0.05) is 23.7 Å². The zero-order valence-corrected chi connectivity index (χ0v) is 15.9. The van der Waals surface area contributed by atoms with Gasteiger partial charge < -0.3 is 14.5 Å². The van der Waals surface area contributed by atoms with E-state index >= 15 is 0 Å². The van der Waals surface area contributed by atoms with Crippen LogP contribution in [0.5, 0.6) is 5.75 Å². The highest BCUT2D eigenvalue weighted by molar-refractivity contribution is 6.34. The predicted molar refractivity (Wildman–Crippen MR) is 105 cm³/mol. The summed E-state index contributed by atoms with van der Waals surface area (Å²) in [4.78, 5) is 22.7. The smallest absolute Gasteiger partial charge is 0.291 e. The van der Waals surface area contributed by atoms with E-state index in [0.717, 1.165) is 16.9 Å². The van der Waals surface area contributed by atoms with Crippen LogP contribution in [-0.4, -0.2) is 10.8 Å². The predicted octanol–water partition coefficient (Wildman–Crippen LogP) is 5.29. The number of amides is 1. The number of halogens is 1. The molecule has 0 fully saturated rings. The zero-order chi connectivity index (χ0) is 20.3. The summed E-state index contributed by atoms with van der Waals surface area (Å²) < 4.78 is 11.3. The Hall–Kier alpha value is -3.32. The summed E-state index contributed by atoms with van der Waals surface area (Å²) in [5.41, 5.74) is 2.02. The summed E-state index contributed by atoms with van der Waals surface area (Å²) in [5.74, 6) is 0.685. The monoisotopic (exact) mass is 400 g/mol. The number of carbonyl (C=O) groups excluding carboxylic acids is 1. The van der Waals surface area contributed by atoms with Crippen LogP contribution in [0.3, 0.4) is 0 Å². The zero-order valence-electron chi connectivity index (χ0n) is 15.2. The van der Waals surface area contributed by atoms with Gasteiger partial charge in [-0.3, -0.25) is 14.9 Å². The molecule has 144 valence electrons. The van der Waals surface area contributed by atoms with Gasteiger partial charge in [0.15, 0.2) is 5.76 Å². The number of hydrogen-bond donors (Lipinski definition) is 1. The summed E-state index contributed by atoms with van der Waals surface area (Å²) in [5, 5.41) is 13.6. The van der Waals surface area contributed by atoms with Crippen molar-refractivity contribution >= 4 is 28.9 Å². The molecule has 0 spiro atoms.